The lowest BCUT2D eigenvalue weighted by Crippen LogP contribution is -2.31. The molecular weight excluding hydrogens is 202 g/mol. The fourth-order valence-corrected chi connectivity index (χ4v) is 0.701. The number of rotatable bonds is 4. The molecule has 86 valence electrons. The Morgan fingerprint density at radius 3 is 1.87 bits per heavy atom. The summed E-state index contributed by atoms with van der Waals surface area (Å²) >= 11 is 0. The van der Waals surface area contributed by atoms with Crippen molar-refractivity contribution in [2.24, 2.45) is 5.16 Å². The summed E-state index contributed by atoms with van der Waals surface area (Å²) in [5.74, 6) is -2.85. The predicted molar refractivity (Wildman–Crippen MR) is 51.7 cm³/mol. The van der Waals surface area contributed by atoms with Crippen LogP contribution in [0.4, 0.5) is 0 Å². The number of ether oxygens (including phenoxy) is 2. The molecule has 0 aromatic rings. The highest BCUT2D eigenvalue weighted by molar-refractivity contribution is 6.61. The van der Waals surface area contributed by atoms with E-state index in [1.807, 2.05) is 0 Å². The van der Waals surface area contributed by atoms with Crippen molar-refractivity contribution in [3.63, 3.8) is 0 Å². The molecule has 15 heavy (non-hydrogen) atoms. The molecule has 6 nitrogen and oxygen atoms in total. The van der Waals surface area contributed by atoms with E-state index in [1.54, 1.807) is 27.7 Å². The Kier molecular flexibility index (Phi) is 5.36. The summed E-state index contributed by atoms with van der Waals surface area (Å²) < 4.78 is 9.43. The summed E-state index contributed by atoms with van der Waals surface area (Å²) in [7, 11) is 0. The van der Waals surface area contributed by atoms with Crippen LogP contribution in [0.3, 0.4) is 0 Å². The van der Waals surface area contributed by atoms with Crippen LogP contribution in [-0.2, 0) is 19.1 Å². The maximum Gasteiger partial charge on any atom is 0.385 e. The Morgan fingerprint density at radius 1 is 1.07 bits per heavy atom. The quantitative estimate of drug-likeness (QED) is 0.187. The topological polar surface area (TPSA) is 85.2 Å². The van der Waals surface area contributed by atoms with Crippen molar-refractivity contribution >= 4 is 17.7 Å². The van der Waals surface area contributed by atoms with Crippen LogP contribution in [0.5, 0.6) is 0 Å². The van der Waals surface area contributed by atoms with E-state index in [1.165, 1.54) is 0 Å². The van der Waals surface area contributed by atoms with E-state index < -0.39 is 23.8 Å². The van der Waals surface area contributed by atoms with Gasteiger partial charge in [0, 0.05) is 0 Å². The van der Waals surface area contributed by atoms with Crippen LogP contribution >= 0.6 is 0 Å². The Hall–Kier alpha value is -1.59. The van der Waals surface area contributed by atoms with Crippen LogP contribution < -0.4 is 0 Å². The van der Waals surface area contributed by atoms with Crippen LogP contribution in [0.25, 0.3) is 0 Å². The van der Waals surface area contributed by atoms with Gasteiger partial charge in [0.05, 0.1) is 12.2 Å². The fraction of sp³-hybridized carbons (Fsp3) is 0.667. The van der Waals surface area contributed by atoms with Gasteiger partial charge >= 0.3 is 17.7 Å². The van der Waals surface area contributed by atoms with Crippen molar-refractivity contribution in [1.29, 1.82) is 0 Å². The van der Waals surface area contributed by atoms with Gasteiger partial charge in [-0.1, -0.05) is 0 Å². The van der Waals surface area contributed by atoms with Crippen molar-refractivity contribution in [2.75, 3.05) is 0 Å². The van der Waals surface area contributed by atoms with Gasteiger partial charge in [-0.05, 0) is 32.9 Å². The molecule has 0 aliphatic rings. The number of Topliss-reactive ketones (excluding diaryl/α,β-unsaturated/α-hetero) is 1. The van der Waals surface area contributed by atoms with Crippen molar-refractivity contribution in [2.45, 2.75) is 39.9 Å². The number of oxime groups is 1. The molecule has 6 heteroatoms. The number of carbonyl (C=O) groups excluding carboxylic acids is 2. The van der Waals surface area contributed by atoms with Crippen LogP contribution in [0.15, 0.2) is 5.16 Å². The molecule has 0 bridgehead atoms. The lowest BCUT2D eigenvalue weighted by molar-refractivity contribution is -0.154. The van der Waals surface area contributed by atoms with Gasteiger partial charge in [0.25, 0.3) is 0 Å². The molecule has 0 fully saturated rings. The standard InChI is InChI=1S/C9H15NO5/c1-5(2)14-8(10-13)7(11)9(12)15-6(3)4/h5-6,13H,1-4H3. The van der Waals surface area contributed by atoms with E-state index in [4.69, 9.17) is 9.94 Å². The molecule has 0 aromatic heterocycles. The molecule has 0 saturated carbocycles. The molecule has 0 aliphatic carbocycles. The highest BCUT2D eigenvalue weighted by atomic mass is 16.6. The maximum atomic E-state index is 11.3. The van der Waals surface area contributed by atoms with Gasteiger partial charge in [0.15, 0.2) is 0 Å². The lowest BCUT2D eigenvalue weighted by atomic mass is 10.3. The minimum atomic E-state index is -1.10. The van der Waals surface area contributed by atoms with Gasteiger partial charge < -0.3 is 14.7 Å². The summed E-state index contributed by atoms with van der Waals surface area (Å²) in [6.07, 6.45) is -0.785. The van der Waals surface area contributed by atoms with Crippen LogP contribution in [0.1, 0.15) is 27.7 Å². The molecule has 0 saturated heterocycles. The maximum absolute atomic E-state index is 11.3. The second-order valence-corrected chi connectivity index (χ2v) is 3.35. The minimum absolute atomic E-state index is 0.369. The Morgan fingerprint density at radius 2 is 1.53 bits per heavy atom. The minimum Gasteiger partial charge on any atom is -0.470 e. The van der Waals surface area contributed by atoms with Crippen molar-refractivity contribution in [3.05, 3.63) is 0 Å². The molecule has 0 aliphatic heterocycles. The molecule has 1 N–H and O–H groups in total. The summed E-state index contributed by atoms with van der Waals surface area (Å²) in [6.45, 7) is 6.47. The zero-order chi connectivity index (χ0) is 12.0. The Labute approximate surface area is 87.9 Å². The average molecular weight is 217 g/mol. The highest BCUT2D eigenvalue weighted by Crippen LogP contribution is 1.97. The number of ketones is 1. The third-order valence-electron chi connectivity index (χ3n) is 1.16. The molecule has 0 spiro atoms. The first-order valence-corrected chi connectivity index (χ1v) is 4.52. The molecule has 0 radical (unpaired) electrons. The molecule has 0 aromatic carbocycles. The number of hydrogen-bond acceptors (Lipinski definition) is 6. The lowest BCUT2D eigenvalue weighted by Gasteiger charge is -2.10. The summed E-state index contributed by atoms with van der Waals surface area (Å²) in [4.78, 5) is 22.3. The first kappa shape index (κ1) is 13.4. The number of esters is 1. The van der Waals surface area contributed by atoms with Gasteiger partial charge in [-0.25, -0.2) is 4.79 Å². The number of carbonyl (C=O) groups is 2. The van der Waals surface area contributed by atoms with Gasteiger partial charge in [-0.15, -0.1) is 0 Å². The van der Waals surface area contributed by atoms with E-state index in [0.29, 0.717) is 0 Å². The molecule has 0 heterocycles. The summed E-state index contributed by atoms with van der Waals surface area (Å²) in [5.41, 5.74) is 0. The third kappa shape index (κ3) is 4.99. The SMILES string of the molecule is CC(C)OC(=O)C(=O)C(=NO)OC(C)C. The number of nitrogens with zero attached hydrogens (tertiary/aromatic N) is 1. The monoisotopic (exact) mass is 217 g/mol. The van der Waals surface area contributed by atoms with Gasteiger partial charge in [0.2, 0.25) is 0 Å². The summed E-state index contributed by atoms with van der Waals surface area (Å²) in [6, 6.07) is 0. The molecule has 0 unspecified atom stereocenters. The largest absolute Gasteiger partial charge is 0.470 e. The average Bonchev–Trinajstić information content (AvgIpc) is 2.11. The Bertz CT molecular complexity index is 270. The first-order valence-electron chi connectivity index (χ1n) is 4.52. The van der Waals surface area contributed by atoms with Crippen molar-refractivity contribution < 1.29 is 24.3 Å². The van der Waals surface area contributed by atoms with E-state index in [-0.39, 0.29) is 6.10 Å². The second kappa shape index (κ2) is 6.00. The molecule has 0 amide bonds. The van der Waals surface area contributed by atoms with Crippen LogP contribution in [0.2, 0.25) is 0 Å². The van der Waals surface area contributed by atoms with E-state index in [9.17, 15) is 9.59 Å². The van der Waals surface area contributed by atoms with Crippen molar-refractivity contribution in [1.82, 2.24) is 0 Å². The molecule has 0 rings (SSSR count). The number of hydrogen-bond donors (Lipinski definition) is 1. The first-order chi connectivity index (χ1) is 6.88. The summed E-state index contributed by atoms with van der Waals surface area (Å²) in [5, 5.41) is 11.1. The van der Waals surface area contributed by atoms with Crippen LogP contribution in [0, 0.1) is 0 Å². The molecule has 0 atom stereocenters. The fourth-order valence-electron chi connectivity index (χ4n) is 0.701. The van der Waals surface area contributed by atoms with E-state index >= 15 is 0 Å². The molecular formula is C9H15NO5. The van der Waals surface area contributed by atoms with Crippen LogP contribution in [-0.4, -0.2) is 35.1 Å². The zero-order valence-electron chi connectivity index (χ0n) is 9.18. The van der Waals surface area contributed by atoms with Gasteiger partial charge in [-0.3, -0.25) is 4.79 Å². The zero-order valence-corrected chi connectivity index (χ0v) is 9.18. The van der Waals surface area contributed by atoms with Gasteiger partial charge in [0.1, 0.15) is 0 Å². The third-order valence-corrected chi connectivity index (χ3v) is 1.16. The van der Waals surface area contributed by atoms with Gasteiger partial charge in [-0.2, -0.15) is 0 Å². The normalized spacial score (nSPS) is 11.7. The van der Waals surface area contributed by atoms with E-state index in [2.05, 4.69) is 9.89 Å². The predicted octanol–water partition coefficient (Wildman–Crippen LogP) is 0.720. The van der Waals surface area contributed by atoms with E-state index in [0.717, 1.165) is 0 Å². The highest BCUT2D eigenvalue weighted by Gasteiger charge is 2.26. The smallest absolute Gasteiger partial charge is 0.385 e. The van der Waals surface area contributed by atoms with Crippen molar-refractivity contribution in [3.8, 4) is 0 Å². The Balaban J connectivity index is 4.47. The second-order valence-electron chi connectivity index (χ2n) is 3.35.